The molecule has 0 bridgehead atoms. The molecule has 0 saturated carbocycles. The van der Waals surface area contributed by atoms with Crippen molar-refractivity contribution in [2.24, 2.45) is 0 Å². The fourth-order valence-electron chi connectivity index (χ4n) is 1.24. The van der Waals surface area contributed by atoms with Crippen molar-refractivity contribution in [1.29, 1.82) is 0 Å². The van der Waals surface area contributed by atoms with Gasteiger partial charge in [0.25, 0.3) is 0 Å². The molecule has 15 heavy (non-hydrogen) atoms. The van der Waals surface area contributed by atoms with E-state index < -0.39 is 0 Å². The standard InChI is InChI=1S/C11H15IO2Si/c1-8-7-9(12)3-4-10(8)11(13)14-5-2-6-15/h3-4,7H,2,5-6H2,1,15H3. The third kappa shape index (κ3) is 3.94. The molecule has 0 radical (unpaired) electrons. The Kier molecular flexibility index (Phi) is 5.31. The fourth-order valence-corrected chi connectivity index (χ4v) is 2.18. The van der Waals surface area contributed by atoms with E-state index >= 15 is 0 Å². The molecular weight excluding hydrogens is 319 g/mol. The molecule has 1 aromatic carbocycles. The lowest BCUT2D eigenvalue weighted by Gasteiger charge is -2.06. The van der Waals surface area contributed by atoms with Crippen LogP contribution in [0.5, 0.6) is 0 Å². The highest BCUT2D eigenvalue weighted by atomic mass is 127. The summed E-state index contributed by atoms with van der Waals surface area (Å²) in [5, 5.41) is 0. The highest BCUT2D eigenvalue weighted by Crippen LogP contribution is 2.14. The lowest BCUT2D eigenvalue weighted by molar-refractivity contribution is 0.0504. The summed E-state index contributed by atoms with van der Waals surface area (Å²) in [7, 11) is 1.17. The lowest BCUT2D eigenvalue weighted by Crippen LogP contribution is -2.08. The third-order valence-corrected chi connectivity index (χ3v) is 3.52. The normalized spacial score (nSPS) is 10.3. The van der Waals surface area contributed by atoms with Gasteiger partial charge in [-0.3, -0.25) is 0 Å². The quantitative estimate of drug-likeness (QED) is 0.364. The number of hydrogen-bond acceptors (Lipinski definition) is 2. The molecule has 0 aromatic heterocycles. The van der Waals surface area contributed by atoms with Gasteiger partial charge in [-0.05, 0) is 59.7 Å². The van der Waals surface area contributed by atoms with E-state index in [0.717, 1.165) is 15.6 Å². The van der Waals surface area contributed by atoms with Crippen LogP contribution in [-0.2, 0) is 4.74 Å². The second kappa shape index (κ2) is 6.27. The molecule has 4 heteroatoms. The monoisotopic (exact) mass is 334 g/mol. The first kappa shape index (κ1) is 12.7. The van der Waals surface area contributed by atoms with Gasteiger partial charge in [0.2, 0.25) is 0 Å². The molecule has 0 fully saturated rings. The van der Waals surface area contributed by atoms with E-state index in [-0.39, 0.29) is 5.97 Å². The Morgan fingerprint density at radius 3 is 2.87 bits per heavy atom. The van der Waals surface area contributed by atoms with Gasteiger partial charge in [0.05, 0.1) is 12.2 Å². The van der Waals surface area contributed by atoms with Crippen molar-refractivity contribution in [3.8, 4) is 0 Å². The molecule has 0 aliphatic heterocycles. The van der Waals surface area contributed by atoms with E-state index in [0.29, 0.717) is 12.2 Å². The molecule has 0 unspecified atom stereocenters. The van der Waals surface area contributed by atoms with Gasteiger partial charge < -0.3 is 4.74 Å². The lowest BCUT2D eigenvalue weighted by atomic mass is 10.1. The van der Waals surface area contributed by atoms with Crippen LogP contribution in [0.2, 0.25) is 6.04 Å². The van der Waals surface area contributed by atoms with Crippen LogP contribution in [0.15, 0.2) is 18.2 Å². The summed E-state index contributed by atoms with van der Waals surface area (Å²) >= 11 is 2.23. The summed E-state index contributed by atoms with van der Waals surface area (Å²) in [6.45, 7) is 2.49. The number of halogens is 1. The number of carbonyl (C=O) groups is 1. The Morgan fingerprint density at radius 2 is 2.27 bits per heavy atom. The van der Waals surface area contributed by atoms with Crippen LogP contribution in [-0.4, -0.2) is 22.8 Å². The van der Waals surface area contributed by atoms with E-state index in [4.69, 9.17) is 4.74 Å². The molecule has 0 aliphatic carbocycles. The van der Waals surface area contributed by atoms with Gasteiger partial charge in [0.1, 0.15) is 0 Å². The first-order valence-electron chi connectivity index (χ1n) is 5.08. The second-order valence-corrected chi connectivity index (χ2v) is 5.69. The molecule has 0 aliphatic rings. The van der Waals surface area contributed by atoms with E-state index in [1.165, 1.54) is 16.3 Å². The first-order chi connectivity index (χ1) is 7.15. The average Bonchev–Trinajstić information content (AvgIpc) is 2.17. The third-order valence-electron chi connectivity index (χ3n) is 2.14. The van der Waals surface area contributed by atoms with Gasteiger partial charge in [-0.2, -0.15) is 0 Å². The summed E-state index contributed by atoms with van der Waals surface area (Å²) in [6, 6.07) is 6.93. The van der Waals surface area contributed by atoms with Gasteiger partial charge in [-0.25, -0.2) is 4.79 Å². The summed E-state index contributed by atoms with van der Waals surface area (Å²) in [6.07, 6.45) is 0.987. The number of rotatable bonds is 4. The maximum atomic E-state index is 11.6. The largest absolute Gasteiger partial charge is 0.462 e. The summed E-state index contributed by atoms with van der Waals surface area (Å²) in [4.78, 5) is 11.6. The Labute approximate surface area is 107 Å². The molecule has 0 N–H and O–H groups in total. The number of aryl methyl sites for hydroxylation is 1. The number of esters is 1. The zero-order chi connectivity index (χ0) is 11.3. The van der Waals surface area contributed by atoms with Gasteiger partial charge in [-0.1, -0.05) is 6.04 Å². The Morgan fingerprint density at radius 1 is 1.53 bits per heavy atom. The van der Waals surface area contributed by atoms with Crippen LogP contribution in [0.25, 0.3) is 0 Å². The maximum Gasteiger partial charge on any atom is 0.338 e. The highest BCUT2D eigenvalue weighted by Gasteiger charge is 2.09. The van der Waals surface area contributed by atoms with E-state index in [1.807, 2.05) is 25.1 Å². The van der Waals surface area contributed by atoms with Crippen molar-refractivity contribution < 1.29 is 9.53 Å². The van der Waals surface area contributed by atoms with Gasteiger partial charge >= 0.3 is 5.97 Å². The van der Waals surface area contributed by atoms with Crippen LogP contribution >= 0.6 is 22.6 Å². The predicted octanol–water partition coefficient (Wildman–Crippen LogP) is 1.93. The summed E-state index contributed by atoms with van der Waals surface area (Å²) in [5.41, 5.74) is 1.67. The average molecular weight is 334 g/mol. The SMILES string of the molecule is Cc1cc(I)ccc1C(=O)OCCC[SiH3]. The molecule has 2 nitrogen and oxygen atoms in total. The van der Waals surface area contributed by atoms with Gasteiger partial charge in [-0.15, -0.1) is 0 Å². The Balaban J connectivity index is 2.65. The van der Waals surface area contributed by atoms with E-state index in [9.17, 15) is 4.79 Å². The molecule has 1 rings (SSSR count). The smallest absolute Gasteiger partial charge is 0.338 e. The molecule has 0 atom stereocenters. The molecule has 0 spiro atoms. The molecule has 0 amide bonds. The van der Waals surface area contributed by atoms with Crippen molar-refractivity contribution in [2.75, 3.05) is 6.61 Å². The van der Waals surface area contributed by atoms with Crippen molar-refractivity contribution in [2.45, 2.75) is 19.4 Å². The molecule has 0 saturated heterocycles. The highest BCUT2D eigenvalue weighted by molar-refractivity contribution is 14.1. The molecular formula is C11H15IO2Si. The van der Waals surface area contributed by atoms with Crippen molar-refractivity contribution in [3.63, 3.8) is 0 Å². The number of benzene rings is 1. The maximum absolute atomic E-state index is 11.6. The van der Waals surface area contributed by atoms with E-state index in [1.54, 1.807) is 0 Å². The van der Waals surface area contributed by atoms with Crippen LogP contribution in [0.3, 0.4) is 0 Å². The van der Waals surface area contributed by atoms with Crippen molar-refractivity contribution in [3.05, 3.63) is 32.9 Å². The van der Waals surface area contributed by atoms with Crippen LogP contribution < -0.4 is 0 Å². The van der Waals surface area contributed by atoms with Gasteiger partial charge in [0.15, 0.2) is 0 Å². The second-order valence-electron chi connectivity index (χ2n) is 3.45. The first-order valence-corrected chi connectivity index (χ1v) is 7.57. The van der Waals surface area contributed by atoms with Crippen LogP contribution in [0, 0.1) is 10.5 Å². The molecule has 0 heterocycles. The summed E-state index contributed by atoms with van der Waals surface area (Å²) in [5.74, 6) is -0.195. The zero-order valence-electron chi connectivity index (χ0n) is 9.05. The van der Waals surface area contributed by atoms with Crippen molar-refractivity contribution >= 4 is 38.8 Å². The minimum atomic E-state index is -0.195. The predicted molar refractivity (Wildman–Crippen MR) is 73.5 cm³/mol. The van der Waals surface area contributed by atoms with Crippen molar-refractivity contribution in [1.82, 2.24) is 0 Å². The number of hydrogen-bond donors (Lipinski definition) is 0. The Bertz CT molecular complexity index is 352. The Hall–Kier alpha value is -0.363. The topological polar surface area (TPSA) is 26.3 Å². The van der Waals surface area contributed by atoms with Crippen LogP contribution in [0.4, 0.5) is 0 Å². The summed E-state index contributed by atoms with van der Waals surface area (Å²) < 4.78 is 6.31. The van der Waals surface area contributed by atoms with Crippen LogP contribution in [0.1, 0.15) is 22.3 Å². The van der Waals surface area contributed by atoms with Gasteiger partial charge in [0, 0.05) is 13.8 Å². The number of carbonyl (C=O) groups excluding carboxylic acids is 1. The minimum Gasteiger partial charge on any atom is -0.462 e. The molecule has 1 aromatic rings. The zero-order valence-corrected chi connectivity index (χ0v) is 13.2. The molecule has 82 valence electrons. The number of ether oxygens (including phenoxy) is 1. The fraction of sp³-hybridized carbons (Fsp3) is 0.364. The minimum absolute atomic E-state index is 0.195. The van der Waals surface area contributed by atoms with E-state index in [2.05, 4.69) is 22.6 Å².